The molecule has 1 N–H and O–H groups in total. The highest BCUT2D eigenvalue weighted by Gasteiger charge is 2.08. The van der Waals surface area contributed by atoms with Crippen LogP contribution < -0.4 is 5.32 Å². The van der Waals surface area contributed by atoms with Crippen LogP contribution in [-0.2, 0) is 17.8 Å². The van der Waals surface area contributed by atoms with Crippen molar-refractivity contribution >= 4 is 16.8 Å². The fourth-order valence-corrected chi connectivity index (χ4v) is 2.57. The highest BCUT2D eigenvalue weighted by molar-refractivity contribution is 5.85. The van der Waals surface area contributed by atoms with Crippen LogP contribution >= 0.6 is 0 Å². The number of rotatable bonds is 6. The van der Waals surface area contributed by atoms with Crippen LogP contribution in [0.25, 0.3) is 10.9 Å². The number of hydrogen-bond acceptors (Lipinski definition) is 1. The summed E-state index contributed by atoms with van der Waals surface area (Å²) in [6.45, 7) is 7.96. The quantitative estimate of drug-likeness (QED) is 0.859. The van der Waals surface area contributed by atoms with Crippen molar-refractivity contribution in [3.63, 3.8) is 0 Å². The minimum absolute atomic E-state index is 0.124. The third-order valence-electron chi connectivity index (χ3n) is 3.62. The molecule has 108 valence electrons. The predicted octanol–water partition coefficient (Wildman–Crippen LogP) is 3.43. The first-order valence-corrected chi connectivity index (χ1v) is 7.50. The summed E-state index contributed by atoms with van der Waals surface area (Å²) in [6.07, 6.45) is 4.81. The molecule has 0 saturated carbocycles. The number of carbonyl (C=O) groups excluding carboxylic acids is 1. The maximum Gasteiger partial charge on any atom is 0.219 e. The lowest BCUT2D eigenvalue weighted by molar-refractivity contribution is -0.120. The predicted molar refractivity (Wildman–Crippen MR) is 84.0 cm³/mol. The fraction of sp³-hybridized carbons (Fsp3) is 0.471. The molecule has 1 aromatic carbocycles. The molecule has 1 heterocycles. The van der Waals surface area contributed by atoms with Crippen LogP contribution in [0.15, 0.2) is 24.4 Å². The highest BCUT2D eigenvalue weighted by Crippen LogP contribution is 2.23. The van der Waals surface area contributed by atoms with Gasteiger partial charge < -0.3 is 9.88 Å². The van der Waals surface area contributed by atoms with Crippen LogP contribution in [0.2, 0.25) is 0 Å². The first kappa shape index (κ1) is 14.6. The lowest BCUT2D eigenvalue weighted by Gasteiger charge is -2.03. The second-order valence-electron chi connectivity index (χ2n) is 5.32. The van der Waals surface area contributed by atoms with E-state index in [-0.39, 0.29) is 5.91 Å². The molecule has 0 unspecified atom stereocenters. The van der Waals surface area contributed by atoms with Gasteiger partial charge in [0.2, 0.25) is 5.91 Å². The Kier molecular flexibility index (Phi) is 4.83. The van der Waals surface area contributed by atoms with E-state index < -0.39 is 0 Å². The zero-order valence-corrected chi connectivity index (χ0v) is 12.7. The molecule has 0 atom stereocenters. The van der Waals surface area contributed by atoms with E-state index in [4.69, 9.17) is 0 Å². The summed E-state index contributed by atoms with van der Waals surface area (Å²) in [5.74, 6) is 0.124. The largest absolute Gasteiger partial charge is 0.356 e. The summed E-state index contributed by atoms with van der Waals surface area (Å²) in [6, 6.07) is 6.62. The molecule has 0 fully saturated rings. The van der Waals surface area contributed by atoms with Crippen LogP contribution in [0.3, 0.4) is 0 Å². The number of benzene rings is 1. The third-order valence-corrected chi connectivity index (χ3v) is 3.62. The van der Waals surface area contributed by atoms with Gasteiger partial charge in [-0.25, -0.2) is 0 Å². The van der Waals surface area contributed by atoms with Crippen LogP contribution in [0, 0.1) is 6.92 Å². The van der Waals surface area contributed by atoms with E-state index in [9.17, 15) is 4.79 Å². The minimum Gasteiger partial charge on any atom is -0.356 e. The smallest absolute Gasteiger partial charge is 0.219 e. The topological polar surface area (TPSA) is 34.0 Å². The van der Waals surface area contributed by atoms with Gasteiger partial charge in [-0.15, -0.1) is 0 Å². The fourth-order valence-electron chi connectivity index (χ4n) is 2.57. The Morgan fingerprint density at radius 1 is 1.30 bits per heavy atom. The highest BCUT2D eigenvalue weighted by atomic mass is 16.1. The first-order valence-electron chi connectivity index (χ1n) is 7.50. The molecule has 3 nitrogen and oxygen atoms in total. The van der Waals surface area contributed by atoms with E-state index >= 15 is 0 Å². The second-order valence-corrected chi connectivity index (χ2v) is 5.32. The molecule has 3 heteroatoms. The molecular weight excluding hydrogens is 248 g/mol. The van der Waals surface area contributed by atoms with E-state index in [0.29, 0.717) is 13.0 Å². The van der Waals surface area contributed by atoms with Gasteiger partial charge in [0, 0.05) is 36.6 Å². The van der Waals surface area contributed by atoms with E-state index in [1.165, 1.54) is 22.0 Å². The molecule has 0 saturated heterocycles. The monoisotopic (exact) mass is 272 g/mol. The lowest BCUT2D eigenvalue weighted by Crippen LogP contribution is -2.24. The van der Waals surface area contributed by atoms with Crippen molar-refractivity contribution in [2.24, 2.45) is 0 Å². The molecule has 1 amide bonds. The number of carbonyl (C=O) groups is 1. The first-order chi connectivity index (χ1) is 9.65. The van der Waals surface area contributed by atoms with Crippen molar-refractivity contribution in [1.82, 2.24) is 9.88 Å². The maximum absolute atomic E-state index is 11.3. The van der Waals surface area contributed by atoms with E-state index in [1.54, 1.807) is 0 Å². The van der Waals surface area contributed by atoms with Crippen molar-refractivity contribution < 1.29 is 4.79 Å². The van der Waals surface area contributed by atoms with E-state index in [1.807, 2.05) is 6.92 Å². The Bertz CT molecular complexity index is 598. The molecule has 0 aliphatic heterocycles. The Balaban J connectivity index is 2.23. The van der Waals surface area contributed by atoms with Crippen LogP contribution in [0.5, 0.6) is 0 Å². The SMILES string of the molecule is CCCn1cc(CCNC(=O)CC)c2cc(C)ccc21. The number of fused-ring (bicyclic) bond motifs is 1. The molecule has 2 aromatic rings. The third kappa shape index (κ3) is 3.21. The normalized spacial score (nSPS) is 10.9. The van der Waals surface area contributed by atoms with Crippen LogP contribution in [0.4, 0.5) is 0 Å². The average molecular weight is 272 g/mol. The van der Waals surface area contributed by atoms with Gasteiger partial charge in [-0.05, 0) is 37.5 Å². The summed E-state index contributed by atoms with van der Waals surface area (Å²) < 4.78 is 2.33. The molecule has 0 aliphatic rings. The maximum atomic E-state index is 11.3. The zero-order valence-electron chi connectivity index (χ0n) is 12.7. The van der Waals surface area contributed by atoms with Gasteiger partial charge in [0.05, 0.1) is 0 Å². The summed E-state index contributed by atoms with van der Waals surface area (Å²) in [5.41, 5.74) is 3.91. The van der Waals surface area contributed by atoms with Crippen molar-refractivity contribution in [1.29, 1.82) is 0 Å². The number of nitrogens with one attached hydrogen (secondary N) is 1. The van der Waals surface area contributed by atoms with Gasteiger partial charge >= 0.3 is 0 Å². The molecule has 20 heavy (non-hydrogen) atoms. The van der Waals surface area contributed by atoms with Crippen LogP contribution in [-0.4, -0.2) is 17.0 Å². The van der Waals surface area contributed by atoms with E-state index in [0.717, 1.165) is 19.4 Å². The van der Waals surface area contributed by atoms with E-state index in [2.05, 4.69) is 48.1 Å². The van der Waals surface area contributed by atoms with Crippen molar-refractivity contribution in [2.75, 3.05) is 6.54 Å². The Hall–Kier alpha value is -1.77. The molecule has 0 radical (unpaired) electrons. The van der Waals surface area contributed by atoms with Crippen molar-refractivity contribution in [3.8, 4) is 0 Å². The van der Waals surface area contributed by atoms with Gasteiger partial charge in [-0.2, -0.15) is 0 Å². The Morgan fingerprint density at radius 2 is 2.10 bits per heavy atom. The standard InChI is InChI=1S/C17H24N2O/c1-4-10-19-12-14(8-9-18-17(20)5-2)15-11-13(3)6-7-16(15)19/h6-7,11-12H,4-5,8-10H2,1-3H3,(H,18,20). The van der Waals surface area contributed by atoms with Gasteiger partial charge in [-0.1, -0.05) is 25.5 Å². The zero-order chi connectivity index (χ0) is 14.5. The summed E-state index contributed by atoms with van der Waals surface area (Å²) >= 11 is 0. The van der Waals surface area contributed by atoms with Crippen molar-refractivity contribution in [2.45, 2.75) is 46.6 Å². The van der Waals surface area contributed by atoms with Crippen LogP contribution in [0.1, 0.15) is 37.8 Å². The Labute approximate surface area is 121 Å². The Morgan fingerprint density at radius 3 is 2.80 bits per heavy atom. The summed E-state index contributed by atoms with van der Waals surface area (Å²) in [4.78, 5) is 11.3. The molecule has 0 aliphatic carbocycles. The molecule has 0 bridgehead atoms. The number of hydrogen-bond donors (Lipinski definition) is 1. The number of aryl methyl sites for hydroxylation is 2. The number of amides is 1. The molecular formula is C17H24N2O. The van der Waals surface area contributed by atoms with Gasteiger partial charge in [-0.3, -0.25) is 4.79 Å². The number of nitrogens with zero attached hydrogens (tertiary/aromatic N) is 1. The summed E-state index contributed by atoms with van der Waals surface area (Å²) in [5, 5.41) is 4.28. The molecule has 2 rings (SSSR count). The average Bonchev–Trinajstić information content (AvgIpc) is 2.77. The second kappa shape index (κ2) is 6.60. The lowest BCUT2D eigenvalue weighted by atomic mass is 10.1. The summed E-state index contributed by atoms with van der Waals surface area (Å²) in [7, 11) is 0. The number of aromatic nitrogens is 1. The van der Waals surface area contributed by atoms with Gasteiger partial charge in [0.15, 0.2) is 0 Å². The molecule has 0 spiro atoms. The molecule has 1 aromatic heterocycles. The van der Waals surface area contributed by atoms with Crippen molar-refractivity contribution in [3.05, 3.63) is 35.5 Å². The van der Waals surface area contributed by atoms with Gasteiger partial charge in [0.25, 0.3) is 0 Å². The minimum atomic E-state index is 0.124. The van der Waals surface area contributed by atoms with Gasteiger partial charge in [0.1, 0.15) is 0 Å².